The summed E-state index contributed by atoms with van der Waals surface area (Å²) in [6.45, 7) is 0.692. The lowest BCUT2D eigenvalue weighted by Gasteiger charge is -2.44. The first-order valence-corrected chi connectivity index (χ1v) is 9.70. The zero-order valence-corrected chi connectivity index (χ0v) is 16.5. The smallest absolute Gasteiger partial charge is 0.419 e. The number of hydrogen-bond acceptors (Lipinski definition) is 6. The number of carbonyl (C=O) groups is 1. The highest BCUT2D eigenvalue weighted by Gasteiger charge is 2.61. The van der Waals surface area contributed by atoms with Gasteiger partial charge in [0.25, 0.3) is 0 Å². The molecule has 0 bridgehead atoms. The van der Waals surface area contributed by atoms with Crippen molar-refractivity contribution < 1.29 is 37.7 Å². The first kappa shape index (κ1) is 21.9. The fourth-order valence-corrected chi connectivity index (χ4v) is 4.27. The molecule has 3 rings (SSSR count). The van der Waals surface area contributed by atoms with Crippen molar-refractivity contribution >= 4 is 23.0 Å². The molecule has 0 spiro atoms. The fraction of sp³-hybridized carbons (Fsp3) is 0.556. The molecular weight excluding hydrogens is 413 g/mol. The van der Waals surface area contributed by atoms with Crippen LogP contribution in [0.2, 0.25) is 0 Å². The van der Waals surface area contributed by atoms with Gasteiger partial charge in [-0.25, -0.2) is 4.79 Å². The van der Waals surface area contributed by atoms with Crippen LogP contribution in [0.15, 0.2) is 35.3 Å². The van der Waals surface area contributed by atoms with E-state index < -0.39 is 41.6 Å². The Hall–Kier alpha value is -1.82. The Bertz CT molecular complexity index is 775. The van der Waals surface area contributed by atoms with Gasteiger partial charge in [0.1, 0.15) is 11.5 Å². The van der Waals surface area contributed by atoms with E-state index in [1.165, 1.54) is 7.05 Å². The Kier molecular flexibility index (Phi) is 6.13. The topological polar surface area (TPSA) is 91.6 Å². The van der Waals surface area contributed by atoms with Gasteiger partial charge in [0.15, 0.2) is 10.8 Å². The maximum Gasteiger partial charge on any atom is 0.419 e. The third kappa shape index (κ3) is 4.52. The number of hydrogen-bond donors (Lipinski definition) is 2. The Labute approximate surface area is 169 Å². The van der Waals surface area contributed by atoms with Crippen molar-refractivity contribution in [2.24, 2.45) is 4.99 Å². The molecule has 2 N–H and O–H groups in total. The number of carboxylic acid groups (broad SMARTS) is 1. The number of alkyl halides is 3. The number of rotatable bonds is 4. The SMILES string of the molecule is CN(C(=O)O)C1=N[C@@H]2C[C@H](OCc3ccccc3)[C@@H]([C@](C)(O)C(F)(F)F)O[C@@H]2S1. The molecule has 0 saturated carbocycles. The summed E-state index contributed by atoms with van der Waals surface area (Å²) < 4.78 is 51.8. The Morgan fingerprint density at radius 1 is 1.38 bits per heavy atom. The number of benzene rings is 1. The number of amidine groups is 1. The van der Waals surface area contributed by atoms with Gasteiger partial charge < -0.3 is 19.7 Å². The second-order valence-electron chi connectivity index (χ2n) is 7.08. The maximum atomic E-state index is 13.5. The van der Waals surface area contributed by atoms with Gasteiger partial charge >= 0.3 is 12.3 Å². The predicted molar refractivity (Wildman–Crippen MR) is 99.6 cm³/mol. The quantitative estimate of drug-likeness (QED) is 0.757. The van der Waals surface area contributed by atoms with Crippen LogP contribution in [0.5, 0.6) is 0 Å². The summed E-state index contributed by atoms with van der Waals surface area (Å²) in [5, 5.41) is 19.5. The largest absolute Gasteiger partial charge is 0.465 e. The van der Waals surface area contributed by atoms with E-state index in [9.17, 15) is 23.1 Å². The van der Waals surface area contributed by atoms with Crippen LogP contribution in [0.3, 0.4) is 0 Å². The number of aliphatic imine (C=N–C) groups is 1. The molecule has 1 saturated heterocycles. The second kappa shape index (κ2) is 8.13. The molecule has 1 aromatic carbocycles. The molecule has 5 atom stereocenters. The number of aliphatic hydroxyl groups is 1. The number of fused-ring (bicyclic) bond motifs is 1. The van der Waals surface area contributed by atoms with Crippen molar-refractivity contribution in [3.05, 3.63) is 35.9 Å². The first-order chi connectivity index (χ1) is 13.5. The minimum Gasteiger partial charge on any atom is -0.465 e. The average molecular weight is 434 g/mol. The van der Waals surface area contributed by atoms with E-state index >= 15 is 0 Å². The van der Waals surface area contributed by atoms with Gasteiger partial charge in [-0.15, -0.1) is 0 Å². The van der Waals surface area contributed by atoms with Crippen LogP contribution in [-0.2, 0) is 16.1 Å². The molecule has 0 radical (unpaired) electrons. The number of ether oxygens (including phenoxy) is 2. The molecule has 7 nitrogen and oxygen atoms in total. The fourth-order valence-electron chi connectivity index (χ4n) is 3.13. The van der Waals surface area contributed by atoms with E-state index in [0.29, 0.717) is 6.92 Å². The molecule has 0 aromatic heterocycles. The van der Waals surface area contributed by atoms with E-state index in [-0.39, 0.29) is 18.2 Å². The highest BCUT2D eigenvalue weighted by atomic mass is 32.2. The standard InChI is InChI=1S/C18H21F3N2O5S/c1-17(26,18(19,20)21)13-12(27-9-10-6-4-3-5-7-10)8-11-14(28-13)29-15(22-11)23(2)16(24)25/h3-7,11-14,26H,8-9H2,1-2H3,(H,24,25)/t11-,12+,13+,14-,17+/m1/s1. The maximum absolute atomic E-state index is 13.5. The number of amides is 1. The lowest BCUT2D eigenvalue weighted by atomic mass is 9.88. The van der Waals surface area contributed by atoms with Crippen LogP contribution in [0.4, 0.5) is 18.0 Å². The molecule has 1 amide bonds. The minimum absolute atomic E-state index is 0.0371. The molecule has 11 heteroatoms. The van der Waals surface area contributed by atoms with Gasteiger partial charge in [0, 0.05) is 13.5 Å². The molecule has 160 valence electrons. The molecule has 2 aliphatic rings. The van der Waals surface area contributed by atoms with Crippen molar-refractivity contribution in [1.29, 1.82) is 0 Å². The van der Waals surface area contributed by atoms with Crippen molar-refractivity contribution in [3.8, 4) is 0 Å². The molecule has 0 unspecified atom stereocenters. The van der Waals surface area contributed by atoms with Crippen molar-refractivity contribution in [2.75, 3.05) is 7.05 Å². The first-order valence-electron chi connectivity index (χ1n) is 8.82. The average Bonchev–Trinajstić information content (AvgIpc) is 3.07. The summed E-state index contributed by atoms with van der Waals surface area (Å²) in [7, 11) is 1.29. The molecule has 1 aromatic rings. The molecule has 0 aliphatic carbocycles. The summed E-state index contributed by atoms with van der Waals surface area (Å²) in [4.78, 5) is 16.3. The van der Waals surface area contributed by atoms with Crippen LogP contribution in [0.25, 0.3) is 0 Å². The Morgan fingerprint density at radius 2 is 2.03 bits per heavy atom. The van der Waals surface area contributed by atoms with E-state index in [1.54, 1.807) is 30.3 Å². The van der Waals surface area contributed by atoms with Gasteiger partial charge in [0.05, 0.1) is 18.8 Å². The zero-order valence-electron chi connectivity index (χ0n) is 15.7. The predicted octanol–water partition coefficient (Wildman–Crippen LogP) is 3.08. The third-order valence-electron chi connectivity index (χ3n) is 4.91. The third-order valence-corrected chi connectivity index (χ3v) is 6.16. The van der Waals surface area contributed by atoms with E-state index in [1.807, 2.05) is 0 Å². The van der Waals surface area contributed by atoms with Gasteiger partial charge in [-0.05, 0) is 12.5 Å². The van der Waals surface area contributed by atoms with E-state index in [2.05, 4.69) is 4.99 Å². The summed E-state index contributed by atoms with van der Waals surface area (Å²) in [6, 6.07) is 8.32. The van der Waals surface area contributed by atoms with Gasteiger partial charge in [0.2, 0.25) is 0 Å². The van der Waals surface area contributed by atoms with Crippen LogP contribution in [-0.4, -0.2) is 68.9 Å². The highest BCUT2D eigenvalue weighted by molar-refractivity contribution is 8.14. The van der Waals surface area contributed by atoms with Crippen molar-refractivity contribution in [3.63, 3.8) is 0 Å². The van der Waals surface area contributed by atoms with Crippen LogP contribution >= 0.6 is 11.8 Å². The molecule has 2 aliphatic heterocycles. The minimum atomic E-state index is -4.94. The normalized spacial score (nSPS) is 29.0. The van der Waals surface area contributed by atoms with Crippen LogP contribution < -0.4 is 0 Å². The molecular formula is C18H21F3N2O5S. The van der Waals surface area contributed by atoms with Crippen LogP contribution in [0.1, 0.15) is 18.9 Å². The lowest BCUT2D eigenvalue weighted by Crippen LogP contribution is -2.62. The van der Waals surface area contributed by atoms with Crippen molar-refractivity contribution in [1.82, 2.24) is 4.90 Å². The summed E-state index contributed by atoms with van der Waals surface area (Å²) in [6.07, 6.45) is -8.91. The zero-order chi connectivity index (χ0) is 21.4. The van der Waals surface area contributed by atoms with Gasteiger partial charge in [-0.1, -0.05) is 42.1 Å². The van der Waals surface area contributed by atoms with E-state index in [4.69, 9.17) is 14.6 Å². The lowest BCUT2D eigenvalue weighted by molar-refractivity contribution is -0.313. The number of nitrogens with zero attached hydrogens (tertiary/aromatic N) is 2. The van der Waals surface area contributed by atoms with Gasteiger partial charge in [-0.3, -0.25) is 9.89 Å². The van der Waals surface area contributed by atoms with Crippen LogP contribution in [0, 0.1) is 0 Å². The summed E-state index contributed by atoms with van der Waals surface area (Å²) in [5.74, 6) is 0. The number of thioether (sulfide) groups is 1. The second-order valence-corrected chi connectivity index (χ2v) is 8.15. The van der Waals surface area contributed by atoms with Crippen molar-refractivity contribution in [2.45, 2.75) is 55.4 Å². The van der Waals surface area contributed by atoms with E-state index in [0.717, 1.165) is 22.2 Å². The summed E-state index contributed by atoms with van der Waals surface area (Å²) in [5.41, 5.74) is -3.24. The Morgan fingerprint density at radius 3 is 2.62 bits per heavy atom. The Balaban J connectivity index is 1.82. The van der Waals surface area contributed by atoms with Gasteiger partial charge in [-0.2, -0.15) is 13.2 Å². The highest BCUT2D eigenvalue weighted by Crippen LogP contribution is 2.44. The summed E-state index contributed by atoms with van der Waals surface area (Å²) >= 11 is 0.917. The monoisotopic (exact) mass is 434 g/mol. The molecule has 2 heterocycles. The molecule has 29 heavy (non-hydrogen) atoms. The number of halogens is 3. The molecule has 1 fully saturated rings.